The molecule has 3 aromatic heterocycles. The van der Waals surface area contributed by atoms with E-state index in [1.54, 1.807) is 90.6 Å². The molecule has 5 nitrogen and oxygen atoms in total. The molecule has 7 heteroatoms. The summed E-state index contributed by atoms with van der Waals surface area (Å²) in [6.07, 6.45) is 4.67. The summed E-state index contributed by atoms with van der Waals surface area (Å²) >= 11 is 0. The number of pyridine rings is 1. The van der Waals surface area contributed by atoms with Crippen molar-refractivity contribution in [3.63, 3.8) is 0 Å². The molecule has 14 rings (SSSR count). The standard InChI is InChI=1S/C81H66N4OSi.Pt/c1-56-48-78(82-54-71(56)59-28-15-9-16-29-59)85-73-39-24-23-38-69(73)70-46-45-65(53-75(70)85)86-64-31-25-30-63(52-64)83-55-84(74-47-42-60(50-76(74)83)58-40-43-62(44-41-58)80(2,3)4)79-72(81(5,6)7)49-61(57-26-13-8-14-27-57)51-77(79)87(66-32-17-10-18-33-66,67-34-19-11-20-35-67)68-36-21-12-22-37-68;/h8-51,54H,1-7H3;/q-2;/i1D3,8D,9D,10D,11D,12D,13D,14D,15D,16D,17D,18D,19D,20D,21D,22D,26D,27D,28D,29D,32D,33D,34D,35D,36D,37D;. The quantitative estimate of drug-likeness (QED) is 0.0529. The minimum Gasteiger partial charge on any atom is -0.510 e. The molecule has 14 aromatic rings. The molecule has 0 N–H and O–H groups in total. The third-order valence-corrected chi connectivity index (χ3v) is 19.5. The van der Waals surface area contributed by atoms with Gasteiger partial charge in [0, 0.05) is 54.0 Å². The van der Waals surface area contributed by atoms with Crippen LogP contribution in [0.15, 0.2) is 273 Å². The molecular weight excluding hydrogens is 1270 g/mol. The number of fused-ring (bicyclic) bond motifs is 4. The van der Waals surface area contributed by atoms with Gasteiger partial charge in [0.15, 0.2) is 8.07 Å². The van der Waals surface area contributed by atoms with E-state index in [-0.39, 0.29) is 88.5 Å². The largest absolute Gasteiger partial charge is 0.510 e. The third-order valence-electron chi connectivity index (χ3n) is 15.4. The van der Waals surface area contributed by atoms with Crippen molar-refractivity contribution in [2.45, 2.75) is 59.2 Å². The van der Waals surface area contributed by atoms with Crippen LogP contribution in [0.1, 0.15) is 96.6 Å². The van der Waals surface area contributed by atoms with Crippen LogP contribution < -0.4 is 30.1 Å². The van der Waals surface area contributed by atoms with Crippen LogP contribution in [0.2, 0.25) is 0 Å². The average molecular weight is 1360 g/mol. The number of rotatable bonds is 12. The molecule has 0 atom stereocenters. The van der Waals surface area contributed by atoms with Crippen LogP contribution in [-0.4, -0.2) is 22.2 Å². The van der Waals surface area contributed by atoms with E-state index in [1.807, 2.05) is 36.4 Å². The van der Waals surface area contributed by atoms with Crippen molar-refractivity contribution in [1.82, 2.24) is 14.1 Å². The van der Waals surface area contributed by atoms with E-state index >= 15 is 0 Å². The molecule has 11 aromatic carbocycles. The van der Waals surface area contributed by atoms with E-state index in [0.29, 0.717) is 32.9 Å². The van der Waals surface area contributed by atoms with E-state index < -0.39 is 198 Å². The molecule has 0 saturated carbocycles. The van der Waals surface area contributed by atoms with Crippen molar-refractivity contribution in [1.29, 1.82) is 0 Å². The first-order chi connectivity index (χ1) is 53.9. The average Bonchev–Trinajstić information content (AvgIpc) is 0.717. The van der Waals surface area contributed by atoms with Crippen LogP contribution in [0, 0.1) is 25.3 Å². The van der Waals surface area contributed by atoms with Gasteiger partial charge < -0.3 is 13.9 Å². The molecule has 88 heavy (non-hydrogen) atoms. The van der Waals surface area contributed by atoms with Crippen molar-refractivity contribution in [3.05, 3.63) is 308 Å². The fourth-order valence-corrected chi connectivity index (χ4v) is 15.3. The van der Waals surface area contributed by atoms with Crippen molar-refractivity contribution in [2.24, 2.45) is 0 Å². The Morgan fingerprint density at radius 2 is 1.12 bits per heavy atom. The van der Waals surface area contributed by atoms with Gasteiger partial charge in [-0.2, -0.15) is 18.2 Å². The van der Waals surface area contributed by atoms with Crippen LogP contribution in [-0.2, 0) is 31.9 Å². The van der Waals surface area contributed by atoms with Crippen LogP contribution in [0.5, 0.6) is 11.5 Å². The third kappa shape index (κ3) is 10.4. The predicted molar refractivity (Wildman–Crippen MR) is 362 cm³/mol. The fraction of sp³-hybridized carbons (Fsp3) is 0.111. The monoisotopic (exact) mass is 1360 g/mol. The van der Waals surface area contributed by atoms with Crippen molar-refractivity contribution in [2.75, 3.05) is 0 Å². The Kier molecular flexibility index (Phi) is 8.91. The van der Waals surface area contributed by atoms with Gasteiger partial charge in [0.05, 0.1) is 51.0 Å². The van der Waals surface area contributed by atoms with Gasteiger partial charge in [-0.1, -0.05) is 265 Å². The number of hydrogen-bond acceptors (Lipinski definition) is 2. The summed E-state index contributed by atoms with van der Waals surface area (Å²) in [5.41, 5.74) is 0.563. The summed E-state index contributed by atoms with van der Waals surface area (Å²) < 4.78 is 271. The van der Waals surface area contributed by atoms with Gasteiger partial charge in [-0.25, -0.2) is 4.98 Å². The molecule has 0 spiro atoms. The second-order valence-electron chi connectivity index (χ2n) is 22.7. The summed E-state index contributed by atoms with van der Waals surface area (Å²) in [4.78, 5) is 4.71. The molecule has 0 aliphatic rings. The Balaban J connectivity index is 0.0000117. The second-order valence-corrected chi connectivity index (χ2v) is 26.3. The molecule has 0 fully saturated rings. The molecule has 3 heterocycles. The first-order valence-corrected chi connectivity index (χ1v) is 29.7. The maximum absolute atomic E-state index is 10.2. The normalized spacial score (nSPS) is 16.6. The molecule has 0 bridgehead atoms. The van der Waals surface area contributed by atoms with Crippen LogP contribution >= 0.6 is 0 Å². The van der Waals surface area contributed by atoms with Crippen molar-refractivity contribution < 1.29 is 68.8 Å². The van der Waals surface area contributed by atoms with Gasteiger partial charge in [-0.3, -0.25) is 4.57 Å². The van der Waals surface area contributed by atoms with Crippen LogP contribution in [0.3, 0.4) is 0 Å². The predicted octanol–water partition coefficient (Wildman–Crippen LogP) is 16.9. The number of ether oxygens (including phenoxy) is 1. The topological polar surface area (TPSA) is 35.9 Å². The molecule has 0 aliphatic heterocycles. The van der Waals surface area contributed by atoms with Gasteiger partial charge in [0.1, 0.15) is 5.82 Å². The van der Waals surface area contributed by atoms with Gasteiger partial charge in [0.25, 0.3) is 6.33 Å². The zero-order valence-electron chi connectivity index (χ0n) is 76.1. The zero-order valence-corrected chi connectivity index (χ0v) is 51.3. The number of imidazole rings is 1. The SMILES string of the molecule is [2H]c1c([2H])c([2H])c(-c2cc(C(C)(C)C)c(-[n+]3[c-]n(-c4[c-]c(Oc5[c-]c6c(cc5)c5ccccc5n6-c5cc(C([2H])([2H])[2H])c(-c6c([2H])c([2H])c([2H])c([2H])c6[2H])cn5)ccc4)c4cc(-c5ccc(C(C)(C)C)cc5)ccc43)c([Si](c3c([2H])c([2H])c([2H])c([2H])c3[2H])(c3c([2H])c([2H])c([2H])c([2H])c3[2H])c3c([2H])c([2H])c([2H])c([2H])c3[2H])c2)c([2H])c1[2H].[Pt]. The summed E-state index contributed by atoms with van der Waals surface area (Å²) in [5.74, 6) is 0.188. The minimum absolute atomic E-state index is 0. The Hall–Kier alpha value is -9.45. The molecule has 432 valence electrons. The molecule has 0 amide bonds. The van der Waals surface area contributed by atoms with Crippen molar-refractivity contribution >= 4 is 61.7 Å². The van der Waals surface area contributed by atoms with Gasteiger partial charge >= 0.3 is 0 Å². The van der Waals surface area contributed by atoms with Gasteiger partial charge in [0.2, 0.25) is 0 Å². The first-order valence-electron chi connectivity index (χ1n) is 41.7. The molecule has 0 radical (unpaired) electrons. The number of hydrogen-bond donors (Lipinski definition) is 0. The maximum atomic E-state index is 10.2. The smallest absolute Gasteiger partial charge is 0.268 e. The summed E-state index contributed by atoms with van der Waals surface area (Å²) in [6.45, 7) is 8.45. The Labute approximate surface area is 571 Å². The number of benzene rings is 11. The van der Waals surface area contributed by atoms with E-state index in [2.05, 4.69) is 39.2 Å². The summed E-state index contributed by atoms with van der Waals surface area (Å²) in [5, 5.41) is -1.74. The van der Waals surface area contributed by atoms with E-state index in [1.165, 1.54) is 22.8 Å². The van der Waals surface area contributed by atoms with E-state index in [0.717, 1.165) is 17.3 Å². The molecule has 0 saturated heterocycles. The second kappa shape index (κ2) is 23.3. The zero-order chi connectivity index (χ0) is 83.7. The van der Waals surface area contributed by atoms with Gasteiger partial charge in [-0.15, -0.1) is 29.7 Å². The molecule has 0 aliphatic carbocycles. The van der Waals surface area contributed by atoms with E-state index in [4.69, 9.17) is 28.9 Å². The molecular formula is C81H66N4OPtSi-2. The first kappa shape index (κ1) is 33.6. The number of nitrogens with zero attached hydrogens (tertiary/aromatic N) is 4. The number of aryl methyl sites for hydroxylation is 1. The molecule has 0 unspecified atom stereocenters. The Morgan fingerprint density at radius 1 is 0.523 bits per heavy atom. The fourth-order valence-electron chi connectivity index (χ4n) is 11.2. The minimum atomic E-state index is -6.28. The van der Waals surface area contributed by atoms with Gasteiger partial charge in [-0.05, 0) is 112 Å². The maximum Gasteiger partial charge on any atom is 0.268 e. The van der Waals surface area contributed by atoms with Crippen LogP contribution in [0.25, 0.3) is 83.4 Å². The Bertz CT molecular complexity index is 6230. The van der Waals surface area contributed by atoms with Crippen LogP contribution in [0.4, 0.5) is 0 Å². The summed E-state index contributed by atoms with van der Waals surface area (Å²) in [7, 11) is -6.28. The number of para-hydroxylation sites is 1. The summed E-state index contributed by atoms with van der Waals surface area (Å²) in [6, 6.07) is 16.4. The van der Waals surface area contributed by atoms with Crippen molar-refractivity contribution in [3.8, 4) is 62.1 Å². The van der Waals surface area contributed by atoms with E-state index in [9.17, 15) is 19.2 Å². The Morgan fingerprint density at radius 3 is 1.75 bits per heavy atom. The number of aromatic nitrogens is 4.